The van der Waals surface area contributed by atoms with Crippen LogP contribution in [0.1, 0.15) is 58.4 Å². The van der Waals surface area contributed by atoms with Gasteiger partial charge >= 0.3 is 6.09 Å². The number of carboxylic acid groups (broad SMARTS) is 1. The van der Waals surface area contributed by atoms with Crippen LogP contribution in [0.4, 0.5) is 4.79 Å². The lowest BCUT2D eigenvalue weighted by molar-refractivity contribution is -0.109. The van der Waals surface area contributed by atoms with Crippen molar-refractivity contribution in [1.29, 1.82) is 0 Å². The maximum Gasteiger partial charge on any atom is 0.441 e. The van der Waals surface area contributed by atoms with Crippen molar-refractivity contribution in [3.05, 3.63) is 28.2 Å². The number of carbonyl (C=O) groups is 1. The average Bonchev–Trinajstić information content (AvgIpc) is 3.18. The quantitative estimate of drug-likeness (QED) is 0.680. The molecule has 1 saturated carbocycles. The number of amides is 1. The molecule has 1 aromatic carbocycles. The minimum Gasteiger partial charge on any atom is -0.463 e. The third-order valence-corrected chi connectivity index (χ3v) is 4.30. The first-order chi connectivity index (χ1) is 10.2. The van der Waals surface area contributed by atoms with Crippen LogP contribution in [0.5, 0.6) is 5.75 Å². The van der Waals surface area contributed by atoms with E-state index in [0.29, 0.717) is 17.6 Å². The van der Waals surface area contributed by atoms with Crippen molar-refractivity contribution in [2.24, 2.45) is 5.92 Å². The lowest BCUT2D eigenvalue weighted by Gasteiger charge is -2.36. The fraction of sp³-hybridized carbons (Fsp3) is 0.588. The molecule has 0 saturated heterocycles. The van der Waals surface area contributed by atoms with Gasteiger partial charge in [0.2, 0.25) is 0 Å². The Bertz CT molecular complexity index is 553. The van der Waals surface area contributed by atoms with Crippen molar-refractivity contribution in [3.8, 4) is 5.75 Å². The van der Waals surface area contributed by atoms with E-state index in [0.717, 1.165) is 34.4 Å². The van der Waals surface area contributed by atoms with Crippen molar-refractivity contribution in [2.45, 2.75) is 58.4 Å². The van der Waals surface area contributed by atoms with E-state index in [1.54, 1.807) is 0 Å². The van der Waals surface area contributed by atoms with Crippen molar-refractivity contribution in [3.63, 3.8) is 0 Å². The second kappa shape index (κ2) is 6.49. The van der Waals surface area contributed by atoms with Crippen LogP contribution >= 0.6 is 15.9 Å². The molecule has 22 heavy (non-hydrogen) atoms. The van der Waals surface area contributed by atoms with Crippen LogP contribution in [-0.2, 0) is 0 Å². The van der Waals surface area contributed by atoms with Crippen LogP contribution in [0, 0.1) is 5.92 Å². The van der Waals surface area contributed by atoms with Crippen molar-refractivity contribution in [2.75, 3.05) is 0 Å². The smallest absolute Gasteiger partial charge is 0.441 e. The molecule has 0 unspecified atom stereocenters. The minimum atomic E-state index is -1.06. The zero-order chi connectivity index (χ0) is 16.5. The van der Waals surface area contributed by atoms with Gasteiger partial charge in [-0.15, -0.1) is 5.06 Å². The van der Waals surface area contributed by atoms with Gasteiger partial charge in [0.05, 0.1) is 5.54 Å². The van der Waals surface area contributed by atoms with E-state index in [2.05, 4.69) is 29.8 Å². The second-order valence-electron chi connectivity index (χ2n) is 7.04. The summed E-state index contributed by atoms with van der Waals surface area (Å²) in [5, 5.41) is 10.7. The minimum absolute atomic E-state index is 0.383. The molecule has 0 atom stereocenters. The predicted octanol–water partition coefficient (Wildman–Crippen LogP) is 5.43. The van der Waals surface area contributed by atoms with Gasteiger partial charge in [-0.3, -0.25) is 0 Å². The van der Waals surface area contributed by atoms with Crippen LogP contribution in [-0.4, -0.2) is 21.8 Å². The SMILES string of the molecule is CC(C)CC(C)(C)N(Oc1ccc(Br)cc1C1CC1)C(=O)O. The van der Waals surface area contributed by atoms with E-state index in [4.69, 9.17) is 4.84 Å². The molecule has 0 bridgehead atoms. The van der Waals surface area contributed by atoms with E-state index in [1.807, 2.05) is 32.0 Å². The summed E-state index contributed by atoms with van der Waals surface area (Å²) in [6.45, 7) is 7.96. The summed E-state index contributed by atoms with van der Waals surface area (Å²) >= 11 is 3.47. The number of hydrogen-bond donors (Lipinski definition) is 1. The molecule has 0 aromatic heterocycles. The Morgan fingerprint density at radius 3 is 2.59 bits per heavy atom. The summed E-state index contributed by atoms with van der Waals surface area (Å²) in [7, 11) is 0. The fourth-order valence-electron chi connectivity index (χ4n) is 2.92. The van der Waals surface area contributed by atoms with Gasteiger partial charge in [0.25, 0.3) is 0 Å². The monoisotopic (exact) mass is 369 g/mol. The standard InChI is InChI=1S/C17H24BrNO3/c1-11(2)10-17(3,4)19(16(20)21)22-15-8-7-13(18)9-14(15)12-5-6-12/h7-9,11-12H,5-6,10H2,1-4H3,(H,20,21). The van der Waals surface area contributed by atoms with E-state index < -0.39 is 11.6 Å². The topological polar surface area (TPSA) is 49.8 Å². The molecule has 1 aliphatic carbocycles. The molecule has 4 nitrogen and oxygen atoms in total. The van der Waals surface area contributed by atoms with Crippen LogP contribution in [0.25, 0.3) is 0 Å². The van der Waals surface area contributed by atoms with Gasteiger partial charge in [-0.05, 0) is 63.1 Å². The van der Waals surface area contributed by atoms with E-state index >= 15 is 0 Å². The fourth-order valence-corrected chi connectivity index (χ4v) is 3.30. The number of halogens is 1. The molecule has 1 fully saturated rings. The Labute approximate surface area is 140 Å². The Hall–Kier alpha value is -1.23. The van der Waals surface area contributed by atoms with Gasteiger partial charge < -0.3 is 9.94 Å². The van der Waals surface area contributed by atoms with Crippen molar-refractivity contribution in [1.82, 2.24) is 5.06 Å². The lowest BCUT2D eigenvalue weighted by atomic mass is 9.92. The Morgan fingerprint density at radius 1 is 1.45 bits per heavy atom. The van der Waals surface area contributed by atoms with Gasteiger partial charge in [-0.1, -0.05) is 29.8 Å². The summed E-state index contributed by atoms with van der Waals surface area (Å²) in [5.41, 5.74) is 0.495. The molecule has 122 valence electrons. The van der Waals surface area contributed by atoms with Crippen molar-refractivity contribution >= 4 is 22.0 Å². The van der Waals surface area contributed by atoms with Gasteiger partial charge in [0.1, 0.15) is 0 Å². The summed E-state index contributed by atoms with van der Waals surface area (Å²) in [6.07, 6.45) is 1.94. The molecule has 0 spiro atoms. The zero-order valence-electron chi connectivity index (χ0n) is 13.6. The maximum atomic E-state index is 11.7. The highest BCUT2D eigenvalue weighted by molar-refractivity contribution is 9.10. The maximum absolute atomic E-state index is 11.7. The molecule has 1 aliphatic rings. The summed E-state index contributed by atoms with van der Waals surface area (Å²) in [5.74, 6) is 1.51. The first-order valence-corrected chi connectivity index (χ1v) is 8.50. The van der Waals surface area contributed by atoms with Crippen LogP contribution in [0.15, 0.2) is 22.7 Å². The molecule has 0 aliphatic heterocycles. The van der Waals surface area contributed by atoms with Gasteiger partial charge in [0, 0.05) is 10.0 Å². The summed E-state index contributed by atoms with van der Waals surface area (Å²) in [6, 6.07) is 5.76. The highest BCUT2D eigenvalue weighted by atomic mass is 79.9. The Balaban J connectivity index is 2.27. The number of hydrogen-bond acceptors (Lipinski definition) is 2. The molecule has 1 aromatic rings. The largest absolute Gasteiger partial charge is 0.463 e. The molecule has 1 amide bonds. The molecular formula is C17H24BrNO3. The highest BCUT2D eigenvalue weighted by Crippen LogP contribution is 2.45. The molecule has 0 radical (unpaired) electrons. The molecular weight excluding hydrogens is 346 g/mol. The molecule has 0 heterocycles. The van der Waals surface area contributed by atoms with E-state index in [1.165, 1.54) is 0 Å². The van der Waals surface area contributed by atoms with Gasteiger partial charge in [0.15, 0.2) is 5.75 Å². The van der Waals surface area contributed by atoms with Crippen LogP contribution in [0.2, 0.25) is 0 Å². The molecule has 1 N–H and O–H groups in total. The van der Waals surface area contributed by atoms with Crippen LogP contribution < -0.4 is 4.84 Å². The number of hydroxylamine groups is 2. The zero-order valence-corrected chi connectivity index (χ0v) is 15.2. The summed E-state index contributed by atoms with van der Waals surface area (Å²) in [4.78, 5) is 17.5. The average molecular weight is 370 g/mol. The second-order valence-corrected chi connectivity index (χ2v) is 7.95. The van der Waals surface area contributed by atoms with E-state index in [9.17, 15) is 9.90 Å². The Kier molecular flexibility index (Phi) is 5.05. The number of benzene rings is 1. The van der Waals surface area contributed by atoms with Crippen LogP contribution in [0.3, 0.4) is 0 Å². The predicted molar refractivity (Wildman–Crippen MR) is 90.1 cm³/mol. The summed E-state index contributed by atoms with van der Waals surface area (Å²) < 4.78 is 0.991. The first kappa shape index (κ1) is 17.1. The first-order valence-electron chi connectivity index (χ1n) is 7.71. The highest BCUT2D eigenvalue weighted by Gasteiger charge is 2.36. The Morgan fingerprint density at radius 2 is 2.09 bits per heavy atom. The molecule has 5 heteroatoms. The van der Waals surface area contributed by atoms with E-state index in [-0.39, 0.29) is 0 Å². The third kappa shape index (κ3) is 4.15. The number of rotatable bonds is 6. The third-order valence-electron chi connectivity index (χ3n) is 3.81. The number of nitrogens with zero attached hydrogens (tertiary/aromatic N) is 1. The lowest BCUT2D eigenvalue weighted by Crippen LogP contribution is -2.50. The van der Waals surface area contributed by atoms with Crippen molar-refractivity contribution < 1.29 is 14.7 Å². The van der Waals surface area contributed by atoms with Gasteiger partial charge in [-0.2, -0.15) is 0 Å². The van der Waals surface area contributed by atoms with Gasteiger partial charge in [-0.25, -0.2) is 4.79 Å². The normalized spacial score (nSPS) is 15.0. The molecule has 2 rings (SSSR count).